The van der Waals surface area contributed by atoms with Crippen LogP contribution in [0.4, 0.5) is 13.2 Å². The molecule has 1 aromatic rings. The van der Waals surface area contributed by atoms with Crippen molar-refractivity contribution in [3.63, 3.8) is 0 Å². The molecule has 0 saturated heterocycles. The van der Waals surface area contributed by atoms with Gasteiger partial charge in [-0.1, -0.05) is 23.9 Å². The molecular formula is C22H24F3N3O4S. The van der Waals surface area contributed by atoms with Crippen molar-refractivity contribution in [3.8, 4) is 0 Å². The minimum Gasteiger partial charge on any atom is -0.466 e. The van der Waals surface area contributed by atoms with Crippen LogP contribution in [0.2, 0.25) is 0 Å². The second-order valence-corrected chi connectivity index (χ2v) is 8.19. The Balaban J connectivity index is 2.10. The molecule has 178 valence electrons. The maximum absolute atomic E-state index is 13.1. The number of allylic oxidation sites excluding steroid dienone is 1. The Morgan fingerprint density at radius 3 is 2.42 bits per heavy atom. The average molecular weight is 484 g/mol. The Bertz CT molecular complexity index is 1020. The number of hydrogen-bond donors (Lipinski definition) is 2. The van der Waals surface area contributed by atoms with E-state index in [1.165, 1.54) is 31.0 Å². The van der Waals surface area contributed by atoms with Gasteiger partial charge in [0.15, 0.2) is 5.17 Å². The summed E-state index contributed by atoms with van der Waals surface area (Å²) in [5.74, 6) is -2.02. The predicted molar refractivity (Wildman–Crippen MR) is 118 cm³/mol. The summed E-state index contributed by atoms with van der Waals surface area (Å²) in [5.41, 5.74) is 0.718. The highest BCUT2D eigenvalue weighted by atomic mass is 32.2. The number of nitrogens with one attached hydrogen (secondary N) is 2. The molecule has 2 heterocycles. The molecular weight excluding hydrogens is 459 g/mol. The molecule has 2 aliphatic heterocycles. The van der Waals surface area contributed by atoms with Crippen LogP contribution in [0.15, 0.2) is 51.8 Å². The van der Waals surface area contributed by atoms with Crippen molar-refractivity contribution in [2.75, 3.05) is 32.6 Å². The number of carbonyl (C=O) groups is 2. The van der Waals surface area contributed by atoms with Gasteiger partial charge in [0.1, 0.15) is 0 Å². The first-order valence-corrected chi connectivity index (χ1v) is 11.2. The second-order valence-electron chi connectivity index (χ2n) is 7.22. The number of hydrogen-bond acceptors (Lipinski definition) is 8. The standard InChI is InChI=1S/C22H24F3N3O4S/c1-4-32-20(30)16-12(2)28-15(11-33-21-26-9-10-27-21)18(19(29)31-3)17(16)13-5-7-14(8-6-13)22(23,24)25/h5-8,17,28H,4,9-11H2,1-3H3,(H,26,27). The van der Waals surface area contributed by atoms with Crippen LogP contribution in [0.1, 0.15) is 30.9 Å². The lowest BCUT2D eigenvalue weighted by Gasteiger charge is -2.31. The molecule has 7 nitrogen and oxygen atoms in total. The summed E-state index contributed by atoms with van der Waals surface area (Å²) in [6.45, 7) is 4.78. The molecule has 0 bridgehead atoms. The van der Waals surface area contributed by atoms with Gasteiger partial charge in [-0.25, -0.2) is 9.59 Å². The van der Waals surface area contributed by atoms with Crippen LogP contribution in [-0.2, 0) is 25.2 Å². The lowest BCUT2D eigenvalue weighted by Crippen LogP contribution is -2.34. The maximum Gasteiger partial charge on any atom is 0.416 e. The summed E-state index contributed by atoms with van der Waals surface area (Å²) in [4.78, 5) is 30.0. The number of dihydropyridines is 1. The number of nitrogens with zero attached hydrogens (tertiary/aromatic N) is 1. The fourth-order valence-electron chi connectivity index (χ4n) is 3.65. The molecule has 3 rings (SSSR count). The maximum atomic E-state index is 13.1. The summed E-state index contributed by atoms with van der Waals surface area (Å²) < 4.78 is 49.5. The van der Waals surface area contributed by atoms with Crippen LogP contribution in [0.5, 0.6) is 0 Å². The van der Waals surface area contributed by atoms with Gasteiger partial charge in [0, 0.05) is 23.7 Å². The van der Waals surface area contributed by atoms with Gasteiger partial charge < -0.3 is 20.1 Å². The van der Waals surface area contributed by atoms with Crippen molar-refractivity contribution in [2.45, 2.75) is 25.9 Å². The normalized spacial score (nSPS) is 18.5. The van der Waals surface area contributed by atoms with E-state index in [0.717, 1.165) is 23.8 Å². The molecule has 2 N–H and O–H groups in total. The van der Waals surface area contributed by atoms with Gasteiger partial charge in [0.2, 0.25) is 0 Å². The molecule has 0 radical (unpaired) electrons. The first-order valence-electron chi connectivity index (χ1n) is 10.2. The molecule has 1 aromatic carbocycles. The number of halogens is 3. The first kappa shape index (κ1) is 24.7. The minimum absolute atomic E-state index is 0.0980. The van der Waals surface area contributed by atoms with Crippen molar-refractivity contribution in [3.05, 3.63) is 57.9 Å². The third-order valence-electron chi connectivity index (χ3n) is 5.11. The highest BCUT2D eigenvalue weighted by Gasteiger charge is 2.39. The van der Waals surface area contributed by atoms with Crippen LogP contribution in [0.3, 0.4) is 0 Å². The zero-order valence-corrected chi connectivity index (χ0v) is 19.2. The second kappa shape index (κ2) is 10.3. The third-order valence-corrected chi connectivity index (χ3v) is 6.09. The molecule has 2 aliphatic rings. The Morgan fingerprint density at radius 2 is 1.88 bits per heavy atom. The Hall–Kier alpha value is -2.95. The summed E-state index contributed by atoms with van der Waals surface area (Å²) in [5, 5.41) is 6.95. The highest BCUT2D eigenvalue weighted by Crippen LogP contribution is 2.41. The van der Waals surface area contributed by atoms with E-state index in [9.17, 15) is 22.8 Å². The van der Waals surface area contributed by atoms with Crippen molar-refractivity contribution in [1.29, 1.82) is 0 Å². The monoisotopic (exact) mass is 483 g/mol. The number of methoxy groups -OCH3 is 1. The molecule has 0 fully saturated rings. The average Bonchev–Trinajstić information content (AvgIpc) is 3.30. The quantitative estimate of drug-likeness (QED) is 0.600. The van der Waals surface area contributed by atoms with Gasteiger partial charge in [0.25, 0.3) is 0 Å². The van der Waals surface area contributed by atoms with E-state index in [4.69, 9.17) is 9.47 Å². The van der Waals surface area contributed by atoms with Gasteiger partial charge in [-0.2, -0.15) is 13.2 Å². The van der Waals surface area contributed by atoms with E-state index in [2.05, 4.69) is 15.6 Å². The molecule has 0 saturated carbocycles. The van der Waals surface area contributed by atoms with E-state index in [-0.39, 0.29) is 17.8 Å². The predicted octanol–water partition coefficient (Wildman–Crippen LogP) is 3.35. The Morgan fingerprint density at radius 1 is 1.18 bits per heavy atom. The van der Waals surface area contributed by atoms with Gasteiger partial charge >= 0.3 is 18.1 Å². The van der Waals surface area contributed by atoms with E-state index in [1.807, 2.05) is 0 Å². The molecule has 11 heteroatoms. The van der Waals surface area contributed by atoms with Gasteiger partial charge in [-0.15, -0.1) is 0 Å². The number of ether oxygens (including phenoxy) is 2. The van der Waals surface area contributed by atoms with Crippen molar-refractivity contribution in [2.24, 2.45) is 4.99 Å². The van der Waals surface area contributed by atoms with Crippen molar-refractivity contribution >= 4 is 28.9 Å². The third kappa shape index (κ3) is 5.52. The van der Waals surface area contributed by atoms with Crippen molar-refractivity contribution < 1.29 is 32.2 Å². The number of carbonyl (C=O) groups excluding carboxylic acids is 2. The summed E-state index contributed by atoms with van der Waals surface area (Å²) >= 11 is 1.37. The number of amidine groups is 1. The van der Waals surface area contributed by atoms with Crippen LogP contribution in [-0.4, -0.2) is 49.7 Å². The van der Waals surface area contributed by atoms with Crippen molar-refractivity contribution in [1.82, 2.24) is 10.6 Å². The lowest BCUT2D eigenvalue weighted by atomic mass is 9.80. The van der Waals surface area contributed by atoms with Crippen LogP contribution in [0.25, 0.3) is 0 Å². The number of esters is 2. The molecule has 0 spiro atoms. The molecule has 0 aromatic heterocycles. The molecule has 1 atom stereocenters. The zero-order chi connectivity index (χ0) is 24.2. The SMILES string of the molecule is CCOC(=O)C1=C(C)NC(CSC2=NCCN2)=C(C(=O)OC)C1c1ccc(C(F)(F)F)cc1. The van der Waals surface area contributed by atoms with Crippen LogP contribution >= 0.6 is 11.8 Å². The topological polar surface area (TPSA) is 89.0 Å². The molecule has 0 aliphatic carbocycles. The number of benzene rings is 1. The van der Waals surface area contributed by atoms with E-state index < -0.39 is 29.6 Å². The smallest absolute Gasteiger partial charge is 0.416 e. The molecule has 1 unspecified atom stereocenters. The van der Waals surface area contributed by atoms with E-state index in [1.54, 1.807) is 13.8 Å². The number of thioether (sulfide) groups is 1. The lowest BCUT2D eigenvalue weighted by molar-refractivity contribution is -0.139. The molecule has 33 heavy (non-hydrogen) atoms. The Labute approximate surface area is 193 Å². The fourth-order valence-corrected chi connectivity index (χ4v) is 4.55. The zero-order valence-electron chi connectivity index (χ0n) is 18.3. The van der Waals surface area contributed by atoms with E-state index >= 15 is 0 Å². The van der Waals surface area contributed by atoms with Gasteiger partial charge in [-0.05, 0) is 31.5 Å². The summed E-state index contributed by atoms with van der Waals surface area (Å²) in [6, 6.07) is 4.38. The van der Waals surface area contributed by atoms with Gasteiger partial charge in [-0.3, -0.25) is 4.99 Å². The number of aliphatic imine (C=N–C) groups is 1. The summed E-state index contributed by atoms with van der Waals surface area (Å²) in [7, 11) is 1.21. The number of rotatable bonds is 6. The van der Waals surface area contributed by atoms with E-state index in [0.29, 0.717) is 29.3 Å². The fraction of sp³-hybridized carbons (Fsp3) is 0.409. The Kier molecular flexibility index (Phi) is 7.72. The highest BCUT2D eigenvalue weighted by molar-refractivity contribution is 8.14. The molecule has 0 amide bonds. The summed E-state index contributed by atoms with van der Waals surface area (Å²) in [6.07, 6.45) is -4.51. The largest absolute Gasteiger partial charge is 0.466 e. The minimum atomic E-state index is -4.51. The van der Waals surface area contributed by atoms with Gasteiger partial charge in [0.05, 0.1) is 42.9 Å². The van der Waals surface area contributed by atoms with Crippen LogP contribution < -0.4 is 10.6 Å². The first-order chi connectivity index (χ1) is 15.7. The number of alkyl halides is 3. The van der Waals surface area contributed by atoms with Crippen LogP contribution in [0, 0.1) is 0 Å².